The predicted molar refractivity (Wildman–Crippen MR) is 121 cm³/mol. The second kappa shape index (κ2) is 9.13. The number of nitrogens with one attached hydrogen (secondary N) is 2. The molecule has 166 valence electrons. The lowest BCUT2D eigenvalue weighted by atomic mass is 9.87. The minimum atomic E-state index is -1.20. The molecule has 3 aromatic rings. The van der Waals surface area contributed by atoms with Gasteiger partial charge in [-0.25, -0.2) is 4.79 Å². The maximum atomic E-state index is 13.1. The molecule has 0 radical (unpaired) electrons. The van der Waals surface area contributed by atoms with E-state index in [4.69, 9.17) is 0 Å². The predicted octanol–water partition coefficient (Wildman–Crippen LogP) is 2.45. The van der Waals surface area contributed by atoms with Crippen molar-refractivity contribution >= 4 is 40.9 Å². The summed E-state index contributed by atoms with van der Waals surface area (Å²) in [5.74, 6) is -0.222. The minimum Gasteiger partial charge on any atom is -0.318 e. The summed E-state index contributed by atoms with van der Waals surface area (Å²) in [7, 11) is 1.84. The number of hydrogen-bond donors (Lipinski definition) is 2. The molecular weight excluding hydrogens is 448 g/mol. The first kappa shape index (κ1) is 22.0. The summed E-state index contributed by atoms with van der Waals surface area (Å²) < 4.78 is 1.84. The highest BCUT2D eigenvalue weighted by Crippen LogP contribution is 2.31. The van der Waals surface area contributed by atoms with Gasteiger partial charge in [0.2, 0.25) is 5.91 Å². The Morgan fingerprint density at radius 2 is 1.97 bits per heavy atom. The Morgan fingerprint density at radius 3 is 2.66 bits per heavy atom. The molecule has 0 unspecified atom stereocenters. The summed E-state index contributed by atoms with van der Waals surface area (Å²) in [5, 5.41) is 14.4. The van der Waals surface area contributed by atoms with E-state index in [9.17, 15) is 14.4 Å². The molecule has 1 saturated heterocycles. The summed E-state index contributed by atoms with van der Waals surface area (Å²) in [6.07, 6.45) is 1.02. The van der Waals surface area contributed by atoms with Gasteiger partial charge in [0.25, 0.3) is 5.91 Å². The molecule has 1 aromatic carbocycles. The maximum absolute atomic E-state index is 13.1. The van der Waals surface area contributed by atoms with E-state index in [1.807, 2.05) is 42.1 Å². The van der Waals surface area contributed by atoms with Gasteiger partial charge in [0.1, 0.15) is 11.4 Å². The van der Waals surface area contributed by atoms with Crippen LogP contribution in [0, 0.1) is 0 Å². The molecule has 9 nitrogen and oxygen atoms in total. The molecule has 2 aromatic heterocycles. The Balaban J connectivity index is 1.39. The molecule has 32 heavy (non-hydrogen) atoms. The summed E-state index contributed by atoms with van der Waals surface area (Å²) in [4.78, 5) is 39.3. The highest BCUT2D eigenvalue weighted by Gasteiger charge is 2.52. The highest BCUT2D eigenvalue weighted by atomic mass is 32.2. The van der Waals surface area contributed by atoms with Crippen LogP contribution in [-0.4, -0.2) is 43.4 Å². The van der Waals surface area contributed by atoms with E-state index in [-0.39, 0.29) is 5.75 Å². The first-order valence-electron chi connectivity index (χ1n) is 9.99. The topological polar surface area (TPSA) is 109 Å². The molecule has 1 atom stereocenters. The van der Waals surface area contributed by atoms with Crippen molar-refractivity contribution in [2.24, 2.45) is 7.05 Å². The second-order valence-electron chi connectivity index (χ2n) is 7.23. The number of benzene rings is 1. The van der Waals surface area contributed by atoms with Crippen LogP contribution in [0.2, 0.25) is 0 Å². The number of urea groups is 1. The van der Waals surface area contributed by atoms with Gasteiger partial charge < -0.3 is 9.88 Å². The SMILES string of the molecule is CC[C@]1(c2ccccc2)NC(=O)N(NC(=O)CSc2nnc(Cc3cccs3)n2C)C1=O. The van der Waals surface area contributed by atoms with Gasteiger partial charge in [-0.3, -0.25) is 15.0 Å². The summed E-state index contributed by atoms with van der Waals surface area (Å²) >= 11 is 2.83. The first-order chi connectivity index (χ1) is 15.4. The Hall–Kier alpha value is -3.18. The number of carbonyl (C=O) groups excluding carboxylic acids is 3. The van der Waals surface area contributed by atoms with Crippen molar-refractivity contribution in [3.8, 4) is 0 Å². The lowest BCUT2D eigenvalue weighted by molar-refractivity contribution is -0.138. The third kappa shape index (κ3) is 4.13. The molecule has 0 saturated carbocycles. The zero-order valence-corrected chi connectivity index (χ0v) is 19.2. The fourth-order valence-electron chi connectivity index (χ4n) is 3.52. The smallest absolute Gasteiger partial charge is 0.318 e. The van der Waals surface area contributed by atoms with Crippen LogP contribution in [0.25, 0.3) is 0 Å². The number of hydrazine groups is 1. The lowest BCUT2D eigenvalue weighted by Gasteiger charge is -2.25. The van der Waals surface area contributed by atoms with E-state index in [0.29, 0.717) is 23.6 Å². The molecule has 3 heterocycles. The van der Waals surface area contributed by atoms with E-state index in [0.717, 1.165) is 10.8 Å². The molecule has 4 rings (SSSR count). The number of nitrogens with zero attached hydrogens (tertiary/aromatic N) is 4. The zero-order valence-electron chi connectivity index (χ0n) is 17.6. The zero-order chi connectivity index (χ0) is 22.7. The van der Waals surface area contributed by atoms with Crippen molar-refractivity contribution in [3.63, 3.8) is 0 Å². The molecule has 0 spiro atoms. The van der Waals surface area contributed by atoms with Crippen LogP contribution >= 0.6 is 23.1 Å². The summed E-state index contributed by atoms with van der Waals surface area (Å²) in [6, 6.07) is 12.4. The van der Waals surface area contributed by atoms with Crippen LogP contribution in [0.3, 0.4) is 0 Å². The van der Waals surface area contributed by atoms with E-state index in [2.05, 4.69) is 20.9 Å². The summed E-state index contributed by atoms with van der Waals surface area (Å²) in [5.41, 5.74) is 1.90. The number of rotatable bonds is 8. The molecular formula is C21H22N6O3S2. The summed E-state index contributed by atoms with van der Waals surface area (Å²) in [6.45, 7) is 1.81. The monoisotopic (exact) mass is 470 g/mol. The van der Waals surface area contributed by atoms with Crippen LogP contribution in [0.1, 0.15) is 29.6 Å². The van der Waals surface area contributed by atoms with E-state index >= 15 is 0 Å². The van der Waals surface area contributed by atoms with Gasteiger partial charge in [0.05, 0.1) is 5.75 Å². The van der Waals surface area contributed by atoms with Crippen LogP contribution < -0.4 is 10.7 Å². The Labute approximate surface area is 193 Å². The average molecular weight is 471 g/mol. The Bertz CT molecular complexity index is 1130. The largest absolute Gasteiger partial charge is 0.344 e. The molecule has 1 aliphatic heterocycles. The van der Waals surface area contributed by atoms with Gasteiger partial charge in [0, 0.05) is 18.3 Å². The lowest BCUT2D eigenvalue weighted by Crippen LogP contribution is -2.49. The molecule has 1 aliphatic rings. The number of hydrogen-bond acceptors (Lipinski definition) is 7. The third-order valence-corrected chi connectivity index (χ3v) is 7.19. The van der Waals surface area contributed by atoms with Gasteiger partial charge in [0.15, 0.2) is 5.16 Å². The number of amides is 4. The van der Waals surface area contributed by atoms with Crippen molar-refractivity contribution in [2.75, 3.05) is 5.75 Å². The Morgan fingerprint density at radius 1 is 1.19 bits per heavy atom. The highest BCUT2D eigenvalue weighted by molar-refractivity contribution is 7.99. The van der Waals surface area contributed by atoms with Gasteiger partial charge in [-0.05, 0) is 23.4 Å². The standard InChI is InChI=1S/C21H22N6O3S2/c1-3-21(14-8-5-4-6-9-14)18(29)27(19(30)22-21)25-17(28)13-32-20-24-23-16(26(20)2)12-15-10-7-11-31-15/h4-11H,3,12-13H2,1-2H3,(H,22,30)(H,25,28)/t21-/m1/s1. The van der Waals surface area contributed by atoms with Crippen molar-refractivity contribution < 1.29 is 14.4 Å². The number of aromatic nitrogens is 3. The first-order valence-corrected chi connectivity index (χ1v) is 11.9. The van der Waals surface area contributed by atoms with Crippen molar-refractivity contribution in [1.29, 1.82) is 0 Å². The molecule has 0 bridgehead atoms. The Kier molecular flexibility index (Phi) is 6.28. The molecule has 11 heteroatoms. The maximum Gasteiger partial charge on any atom is 0.344 e. The van der Waals surface area contributed by atoms with E-state index in [1.165, 1.54) is 16.6 Å². The molecule has 1 fully saturated rings. The van der Waals surface area contributed by atoms with Gasteiger partial charge in [-0.1, -0.05) is 55.1 Å². The molecule has 2 N–H and O–H groups in total. The molecule has 4 amide bonds. The van der Waals surface area contributed by atoms with Gasteiger partial charge in [-0.2, -0.15) is 5.01 Å². The van der Waals surface area contributed by atoms with Crippen LogP contribution in [0.15, 0.2) is 53.0 Å². The fourth-order valence-corrected chi connectivity index (χ4v) is 4.94. The number of carbonyl (C=O) groups is 3. The fraction of sp³-hybridized carbons (Fsp3) is 0.286. The number of thioether (sulfide) groups is 1. The molecule has 0 aliphatic carbocycles. The van der Waals surface area contributed by atoms with Crippen LogP contribution in [0.5, 0.6) is 0 Å². The normalized spacial score (nSPS) is 18.1. The van der Waals surface area contributed by atoms with Crippen molar-refractivity contribution in [2.45, 2.75) is 30.5 Å². The van der Waals surface area contributed by atoms with E-state index < -0.39 is 23.4 Å². The number of thiophene rings is 1. The average Bonchev–Trinajstić information content (AvgIpc) is 3.50. The van der Waals surface area contributed by atoms with E-state index in [1.54, 1.807) is 35.6 Å². The van der Waals surface area contributed by atoms with Gasteiger partial charge >= 0.3 is 6.03 Å². The third-order valence-electron chi connectivity index (χ3n) is 5.29. The van der Waals surface area contributed by atoms with Crippen LogP contribution in [0.4, 0.5) is 4.79 Å². The number of imide groups is 1. The quantitative estimate of drug-likeness (QED) is 0.387. The van der Waals surface area contributed by atoms with Gasteiger partial charge in [-0.15, -0.1) is 21.5 Å². The second-order valence-corrected chi connectivity index (χ2v) is 9.21. The van der Waals surface area contributed by atoms with Crippen LogP contribution in [-0.2, 0) is 28.6 Å². The van der Waals surface area contributed by atoms with Crippen molar-refractivity contribution in [3.05, 3.63) is 64.1 Å². The minimum absolute atomic E-state index is 0.0213. The van der Waals surface area contributed by atoms with Crippen molar-refractivity contribution in [1.82, 2.24) is 30.5 Å².